The zero-order valence-electron chi connectivity index (χ0n) is 7.12. The minimum absolute atomic E-state index is 0.186. The number of carbonyl (C=O) groups excluding carboxylic acids is 2. The van der Waals surface area contributed by atoms with Gasteiger partial charge in [0.2, 0.25) is 0 Å². The Kier molecular flexibility index (Phi) is 3.17. The van der Waals surface area contributed by atoms with E-state index in [0.717, 1.165) is 6.07 Å². The molecule has 5 heteroatoms. The summed E-state index contributed by atoms with van der Waals surface area (Å²) in [5.41, 5.74) is -0.186. The molecule has 14 heavy (non-hydrogen) atoms. The highest BCUT2D eigenvalue weighted by atomic mass is 19.1. The molecule has 1 rings (SSSR count). The van der Waals surface area contributed by atoms with Crippen LogP contribution >= 0.6 is 0 Å². The van der Waals surface area contributed by atoms with Gasteiger partial charge < -0.3 is 15.2 Å². The molecule has 0 aliphatic heterocycles. The van der Waals surface area contributed by atoms with Gasteiger partial charge in [-0.15, -0.1) is 0 Å². The number of carboxylic acid groups (broad SMARTS) is 1. The quantitative estimate of drug-likeness (QED) is 0.695. The standard InChI is InChI=1S/C9H8FNO3/c10-7-4-2-1-3-6(7)9(14)11-5-8(12)13/h1-4H,5H2,(H,11,14)(H,12,13)/p-1. The Morgan fingerprint density at radius 3 is 2.57 bits per heavy atom. The third-order valence-electron chi connectivity index (χ3n) is 1.51. The molecule has 0 spiro atoms. The number of carbonyl (C=O) groups is 2. The van der Waals surface area contributed by atoms with Gasteiger partial charge in [-0.3, -0.25) is 4.79 Å². The summed E-state index contributed by atoms with van der Waals surface area (Å²) in [5.74, 6) is -2.88. The fourth-order valence-electron chi connectivity index (χ4n) is 0.893. The molecule has 0 fully saturated rings. The van der Waals surface area contributed by atoms with Crippen LogP contribution in [-0.2, 0) is 4.79 Å². The predicted molar refractivity (Wildman–Crippen MR) is 43.7 cm³/mol. The first-order valence-corrected chi connectivity index (χ1v) is 3.84. The van der Waals surface area contributed by atoms with Crippen molar-refractivity contribution in [2.45, 2.75) is 0 Å². The highest BCUT2D eigenvalue weighted by Crippen LogP contribution is 2.05. The molecule has 0 aliphatic carbocycles. The zero-order valence-corrected chi connectivity index (χ0v) is 7.12. The van der Waals surface area contributed by atoms with E-state index in [1.165, 1.54) is 18.2 Å². The minimum Gasteiger partial charge on any atom is -0.548 e. The third kappa shape index (κ3) is 2.55. The third-order valence-corrected chi connectivity index (χ3v) is 1.51. The second-order valence-corrected chi connectivity index (χ2v) is 2.53. The summed E-state index contributed by atoms with van der Waals surface area (Å²) < 4.78 is 12.9. The highest BCUT2D eigenvalue weighted by Gasteiger charge is 2.09. The Hall–Kier alpha value is -1.91. The number of carboxylic acids is 1. The molecule has 0 heterocycles. The second-order valence-electron chi connectivity index (χ2n) is 2.53. The van der Waals surface area contributed by atoms with Crippen molar-refractivity contribution in [3.05, 3.63) is 35.6 Å². The number of hydrogen-bond acceptors (Lipinski definition) is 3. The van der Waals surface area contributed by atoms with Crippen LogP contribution in [0, 0.1) is 5.82 Å². The normalized spacial score (nSPS) is 9.50. The second kappa shape index (κ2) is 4.36. The van der Waals surface area contributed by atoms with Gasteiger partial charge in [0.05, 0.1) is 18.1 Å². The topological polar surface area (TPSA) is 69.2 Å². The number of halogens is 1. The van der Waals surface area contributed by atoms with Crippen molar-refractivity contribution in [3.8, 4) is 0 Å². The smallest absolute Gasteiger partial charge is 0.254 e. The van der Waals surface area contributed by atoms with Gasteiger partial charge in [0, 0.05) is 0 Å². The van der Waals surface area contributed by atoms with Crippen LogP contribution in [0.2, 0.25) is 0 Å². The van der Waals surface area contributed by atoms with Gasteiger partial charge in [0.1, 0.15) is 5.82 Å². The molecule has 0 atom stereocenters. The van der Waals surface area contributed by atoms with Crippen LogP contribution in [0.3, 0.4) is 0 Å². The number of rotatable bonds is 3. The van der Waals surface area contributed by atoms with E-state index in [2.05, 4.69) is 0 Å². The van der Waals surface area contributed by atoms with Crippen LogP contribution in [-0.4, -0.2) is 18.4 Å². The molecule has 0 radical (unpaired) electrons. The van der Waals surface area contributed by atoms with E-state index >= 15 is 0 Å². The van der Waals surface area contributed by atoms with Crippen LogP contribution in [0.15, 0.2) is 24.3 Å². The number of aliphatic carboxylic acids is 1. The fourth-order valence-corrected chi connectivity index (χ4v) is 0.893. The Balaban J connectivity index is 2.70. The van der Waals surface area contributed by atoms with E-state index in [1.54, 1.807) is 0 Å². The first-order chi connectivity index (χ1) is 6.61. The highest BCUT2D eigenvalue weighted by molar-refractivity contribution is 5.95. The van der Waals surface area contributed by atoms with Crippen molar-refractivity contribution in [1.82, 2.24) is 5.32 Å². The van der Waals surface area contributed by atoms with Crippen LogP contribution in [0.25, 0.3) is 0 Å². The lowest BCUT2D eigenvalue weighted by Gasteiger charge is -2.05. The van der Waals surface area contributed by atoms with Crippen LogP contribution in [0.4, 0.5) is 4.39 Å². The molecule has 0 bridgehead atoms. The van der Waals surface area contributed by atoms with Crippen molar-refractivity contribution in [3.63, 3.8) is 0 Å². The minimum atomic E-state index is -1.42. The predicted octanol–water partition coefficient (Wildman–Crippen LogP) is -0.695. The molecule has 0 aromatic heterocycles. The maximum atomic E-state index is 12.9. The summed E-state index contributed by atoms with van der Waals surface area (Å²) in [6.45, 7) is -0.632. The number of nitrogens with one attached hydrogen (secondary N) is 1. The first-order valence-electron chi connectivity index (χ1n) is 3.84. The van der Waals surface area contributed by atoms with Gasteiger partial charge >= 0.3 is 0 Å². The lowest BCUT2D eigenvalue weighted by atomic mass is 10.2. The number of amides is 1. The molecular formula is C9H7FNO3-. The summed E-state index contributed by atoms with van der Waals surface area (Å²) in [7, 11) is 0. The summed E-state index contributed by atoms with van der Waals surface area (Å²) >= 11 is 0. The molecule has 0 saturated carbocycles. The molecule has 1 aromatic rings. The Labute approximate surface area is 79.4 Å². The first kappa shape index (κ1) is 10.2. The van der Waals surface area contributed by atoms with Crippen molar-refractivity contribution in [2.24, 2.45) is 0 Å². The molecule has 0 unspecified atom stereocenters. The van der Waals surface area contributed by atoms with Gasteiger partial charge in [-0.05, 0) is 12.1 Å². The van der Waals surface area contributed by atoms with Crippen LogP contribution in [0.5, 0.6) is 0 Å². The van der Waals surface area contributed by atoms with E-state index in [1.807, 2.05) is 5.32 Å². The van der Waals surface area contributed by atoms with Gasteiger partial charge in [0.25, 0.3) is 5.91 Å². The maximum absolute atomic E-state index is 12.9. The molecule has 4 nitrogen and oxygen atoms in total. The van der Waals surface area contributed by atoms with Crippen LogP contribution < -0.4 is 10.4 Å². The lowest BCUT2D eigenvalue weighted by Crippen LogP contribution is -2.37. The Morgan fingerprint density at radius 1 is 1.36 bits per heavy atom. The van der Waals surface area contributed by atoms with Crippen molar-refractivity contribution < 1.29 is 19.1 Å². The van der Waals surface area contributed by atoms with E-state index in [9.17, 15) is 19.1 Å². The molecule has 1 amide bonds. The Bertz CT molecular complexity index is 365. The largest absolute Gasteiger partial charge is 0.548 e. The van der Waals surface area contributed by atoms with E-state index in [-0.39, 0.29) is 5.56 Å². The van der Waals surface area contributed by atoms with Gasteiger partial charge in [0.15, 0.2) is 0 Å². The maximum Gasteiger partial charge on any atom is 0.254 e. The number of benzene rings is 1. The summed E-state index contributed by atoms with van der Waals surface area (Å²) in [4.78, 5) is 21.1. The molecule has 0 saturated heterocycles. The van der Waals surface area contributed by atoms with E-state index in [0.29, 0.717) is 0 Å². The zero-order chi connectivity index (χ0) is 10.6. The fraction of sp³-hybridized carbons (Fsp3) is 0.111. The average molecular weight is 196 g/mol. The lowest BCUT2D eigenvalue weighted by molar-refractivity contribution is -0.303. The summed E-state index contributed by atoms with van der Waals surface area (Å²) in [6.07, 6.45) is 0. The average Bonchev–Trinajstić information content (AvgIpc) is 2.15. The van der Waals surface area contributed by atoms with Gasteiger partial charge in [-0.25, -0.2) is 4.39 Å². The van der Waals surface area contributed by atoms with E-state index in [4.69, 9.17) is 0 Å². The van der Waals surface area contributed by atoms with Gasteiger partial charge in [-0.1, -0.05) is 12.1 Å². The number of hydrogen-bond donors (Lipinski definition) is 1. The molecule has 0 aliphatic rings. The van der Waals surface area contributed by atoms with Crippen molar-refractivity contribution in [2.75, 3.05) is 6.54 Å². The molecule has 1 aromatic carbocycles. The summed E-state index contributed by atoms with van der Waals surface area (Å²) in [5, 5.41) is 12.0. The molecule has 74 valence electrons. The SMILES string of the molecule is O=C([O-])CNC(=O)c1ccccc1F. The monoisotopic (exact) mass is 196 g/mol. The van der Waals surface area contributed by atoms with Gasteiger partial charge in [-0.2, -0.15) is 0 Å². The van der Waals surface area contributed by atoms with Crippen LogP contribution in [0.1, 0.15) is 10.4 Å². The van der Waals surface area contributed by atoms with Crippen molar-refractivity contribution >= 4 is 11.9 Å². The summed E-state index contributed by atoms with van der Waals surface area (Å²) in [6, 6.07) is 5.30. The van der Waals surface area contributed by atoms with E-state index < -0.39 is 24.2 Å². The molecule has 1 N–H and O–H groups in total. The molecular weight excluding hydrogens is 189 g/mol. The van der Waals surface area contributed by atoms with Crippen molar-refractivity contribution in [1.29, 1.82) is 0 Å². The Morgan fingerprint density at radius 2 is 2.00 bits per heavy atom.